The molecule has 2 bridgehead atoms. The largest absolute Gasteiger partial charge is 0.484 e. The zero-order valence-electron chi connectivity index (χ0n) is 35.4. The van der Waals surface area contributed by atoms with Crippen molar-refractivity contribution in [2.24, 2.45) is 0 Å². The van der Waals surface area contributed by atoms with Crippen molar-refractivity contribution in [2.45, 2.75) is 62.3 Å². The maximum atomic E-state index is 14.7. The Bertz CT molecular complexity index is 2540. The average molecular weight is 892 g/mol. The van der Waals surface area contributed by atoms with Crippen molar-refractivity contribution < 1.29 is 38.6 Å². The molecule has 3 heterocycles. The Morgan fingerprint density at radius 1 is 0.600 bits per heavy atom. The van der Waals surface area contributed by atoms with E-state index in [1.54, 1.807) is 78.9 Å². The molecular weight excluding hydrogens is 843 g/mol. The minimum Gasteiger partial charge on any atom is -0.484 e. The fourth-order valence-corrected chi connectivity index (χ4v) is 8.25. The van der Waals surface area contributed by atoms with Gasteiger partial charge >= 0.3 is 5.97 Å². The van der Waals surface area contributed by atoms with E-state index in [4.69, 9.17) is 4.74 Å². The number of hydrogen-bond acceptors (Lipinski definition) is 8. The lowest BCUT2D eigenvalue weighted by Crippen LogP contribution is -2.60. The third-order valence-electron chi connectivity index (χ3n) is 10.9. The molecule has 0 saturated heterocycles. The van der Waals surface area contributed by atoms with Gasteiger partial charge in [0.2, 0.25) is 23.6 Å². The Balaban J connectivity index is 1.22. The SMILES string of the molecule is O=C1COc2ccc(cc2)C[C@@H](C(=O)N[C@H](Cc2ccccc2)C(=O)O)NC(=O)[C@H](Cc2ccccc2)NC(=O)[C@@H](Cc2ccc(-c3ccccc3)cc2)NC(=O)[C@H](Cc2cccs2)N1. The number of benzene rings is 5. The van der Waals surface area contributed by atoms with Crippen LogP contribution in [0.25, 0.3) is 11.1 Å². The van der Waals surface area contributed by atoms with E-state index < -0.39 is 72.3 Å². The fourth-order valence-electron chi connectivity index (χ4n) is 7.50. The molecule has 5 aromatic carbocycles. The van der Waals surface area contributed by atoms with Gasteiger partial charge in [-0.25, -0.2) is 4.79 Å². The van der Waals surface area contributed by atoms with E-state index in [0.717, 1.165) is 16.0 Å². The molecule has 2 aliphatic heterocycles. The maximum Gasteiger partial charge on any atom is 0.326 e. The van der Waals surface area contributed by atoms with Gasteiger partial charge in [-0.2, -0.15) is 0 Å². The van der Waals surface area contributed by atoms with Gasteiger partial charge in [-0.1, -0.05) is 133 Å². The van der Waals surface area contributed by atoms with Crippen molar-refractivity contribution in [3.63, 3.8) is 0 Å². The normalized spacial score (nSPS) is 18.8. The number of nitrogens with one attached hydrogen (secondary N) is 5. The summed E-state index contributed by atoms with van der Waals surface area (Å²) in [5.41, 5.74) is 4.64. The molecule has 1 aromatic heterocycles. The summed E-state index contributed by atoms with van der Waals surface area (Å²) >= 11 is 1.42. The molecule has 13 nitrogen and oxygen atoms in total. The van der Waals surface area contributed by atoms with E-state index in [2.05, 4.69) is 26.6 Å². The summed E-state index contributed by atoms with van der Waals surface area (Å²) in [5, 5.41) is 26.0. The fraction of sp³-hybridized carbons (Fsp3) is 0.216. The first-order valence-electron chi connectivity index (χ1n) is 21.3. The maximum absolute atomic E-state index is 14.7. The molecule has 8 rings (SSSR count). The molecule has 2 aliphatic rings. The van der Waals surface area contributed by atoms with Crippen LogP contribution < -0.4 is 31.3 Å². The molecule has 0 aliphatic carbocycles. The highest BCUT2D eigenvalue weighted by Crippen LogP contribution is 2.21. The number of carbonyl (C=O) groups excluding carboxylic acids is 5. The smallest absolute Gasteiger partial charge is 0.326 e. The van der Waals surface area contributed by atoms with Gasteiger partial charge in [0.1, 0.15) is 36.0 Å². The van der Waals surface area contributed by atoms with Crippen LogP contribution in [-0.4, -0.2) is 77.4 Å². The lowest BCUT2D eigenvalue weighted by Gasteiger charge is -2.27. The minimum absolute atomic E-state index is 0.00798. The number of hydrogen-bond donors (Lipinski definition) is 6. The van der Waals surface area contributed by atoms with E-state index >= 15 is 0 Å². The van der Waals surface area contributed by atoms with Crippen LogP contribution in [0.5, 0.6) is 5.75 Å². The standard InChI is InChI=1S/C51H49N5O8S/c57-46-32-64-39-24-20-36(21-25-39)29-43(49(60)56-45(51(62)63)30-34-13-6-2-7-14-34)54-47(58)41(27-33-11-4-1-5-12-33)53-48(59)42(55-50(61)44(52-46)31-40-17-10-26-65-40)28-35-18-22-38(23-19-35)37-15-8-3-9-16-37/h1-26,41-45H,27-32H2,(H,52,57)(H,53,59)(H,54,58)(H,55,61)(H,56,60)(H,62,63)/t41-,42+,43-,44-,45+/m0/s1. The van der Waals surface area contributed by atoms with Crippen LogP contribution in [0.3, 0.4) is 0 Å². The van der Waals surface area contributed by atoms with Gasteiger partial charge in [-0.3, -0.25) is 24.0 Å². The highest BCUT2D eigenvalue weighted by Gasteiger charge is 2.33. The summed E-state index contributed by atoms with van der Waals surface area (Å²) in [4.78, 5) is 84.4. The molecule has 14 heteroatoms. The average Bonchev–Trinajstić information content (AvgIpc) is 3.84. The van der Waals surface area contributed by atoms with Crippen LogP contribution in [0.4, 0.5) is 0 Å². The van der Waals surface area contributed by atoms with Crippen LogP contribution in [0.2, 0.25) is 0 Å². The second-order valence-corrected chi connectivity index (χ2v) is 16.8. The summed E-state index contributed by atoms with van der Waals surface area (Å²) in [6.45, 7) is -0.425. The molecule has 0 spiro atoms. The first-order chi connectivity index (χ1) is 31.6. The van der Waals surface area contributed by atoms with E-state index in [-0.39, 0.29) is 32.1 Å². The summed E-state index contributed by atoms with van der Waals surface area (Å²) in [6, 6.07) is 39.2. The van der Waals surface area contributed by atoms with Gasteiger partial charge in [0.25, 0.3) is 5.91 Å². The number of thiophene rings is 1. The molecule has 5 atom stereocenters. The zero-order valence-corrected chi connectivity index (χ0v) is 36.2. The summed E-state index contributed by atoms with van der Waals surface area (Å²) in [5.74, 6) is -4.28. The van der Waals surface area contributed by atoms with Crippen LogP contribution in [0.15, 0.2) is 157 Å². The van der Waals surface area contributed by atoms with Crippen molar-refractivity contribution in [3.8, 4) is 16.9 Å². The molecular formula is C51H49N5O8S. The lowest BCUT2D eigenvalue weighted by molar-refractivity contribution is -0.142. The highest BCUT2D eigenvalue weighted by molar-refractivity contribution is 7.09. The predicted molar refractivity (Wildman–Crippen MR) is 247 cm³/mol. The Morgan fingerprint density at radius 3 is 1.72 bits per heavy atom. The van der Waals surface area contributed by atoms with Gasteiger partial charge in [-0.15, -0.1) is 11.3 Å². The van der Waals surface area contributed by atoms with Gasteiger partial charge in [0.15, 0.2) is 6.61 Å². The van der Waals surface area contributed by atoms with Crippen LogP contribution in [0.1, 0.15) is 27.1 Å². The summed E-state index contributed by atoms with van der Waals surface area (Å²) < 4.78 is 5.79. The summed E-state index contributed by atoms with van der Waals surface area (Å²) in [6.07, 6.45) is 0.0933. The van der Waals surface area contributed by atoms with E-state index in [9.17, 15) is 33.9 Å². The lowest BCUT2D eigenvalue weighted by atomic mass is 9.99. The molecule has 0 saturated carbocycles. The zero-order chi connectivity index (χ0) is 45.5. The molecule has 65 heavy (non-hydrogen) atoms. The Labute approximate surface area is 380 Å². The number of ether oxygens (including phenoxy) is 1. The molecule has 0 fully saturated rings. The number of aliphatic carboxylic acids is 1. The minimum atomic E-state index is -1.32. The molecule has 0 unspecified atom stereocenters. The number of rotatable bonds is 12. The molecule has 5 amide bonds. The monoisotopic (exact) mass is 891 g/mol. The van der Waals surface area contributed by atoms with Crippen LogP contribution in [-0.2, 0) is 60.9 Å². The third kappa shape index (κ3) is 13.2. The first-order valence-corrected chi connectivity index (χ1v) is 22.1. The number of fused-ring (bicyclic) bond motifs is 16. The predicted octanol–water partition coefficient (Wildman–Crippen LogP) is 4.83. The molecule has 0 radical (unpaired) electrons. The van der Waals surface area contributed by atoms with Crippen molar-refractivity contribution in [1.82, 2.24) is 26.6 Å². The van der Waals surface area contributed by atoms with E-state index in [1.807, 2.05) is 78.2 Å². The first kappa shape index (κ1) is 45.4. The quantitative estimate of drug-likeness (QED) is 0.0942. The number of amides is 5. The van der Waals surface area contributed by atoms with Crippen molar-refractivity contribution >= 4 is 46.8 Å². The molecule has 332 valence electrons. The van der Waals surface area contributed by atoms with Crippen LogP contribution in [0, 0.1) is 0 Å². The van der Waals surface area contributed by atoms with Crippen LogP contribution >= 0.6 is 11.3 Å². The van der Waals surface area contributed by atoms with Crippen molar-refractivity contribution in [1.29, 1.82) is 0 Å². The number of carbonyl (C=O) groups is 6. The van der Waals surface area contributed by atoms with Crippen molar-refractivity contribution in [2.75, 3.05) is 6.61 Å². The van der Waals surface area contributed by atoms with E-state index in [1.165, 1.54) is 11.3 Å². The summed E-state index contributed by atoms with van der Waals surface area (Å²) in [7, 11) is 0. The molecule has 6 N–H and O–H groups in total. The number of carboxylic acids is 1. The van der Waals surface area contributed by atoms with Gasteiger partial charge < -0.3 is 36.4 Å². The second kappa shape index (κ2) is 22.2. The molecule has 6 aromatic rings. The highest BCUT2D eigenvalue weighted by atomic mass is 32.1. The second-order valence-electron chi connectivity index (χ2n) is 15.8. The van der Waals surface area contributed by atoms with E-state index in [0.29, 0.717) is 28.0 Å². The Hall–Kier alpha value is -7.58. The van der Waals surface area contributed by atoms with Gasteiger partial charge in [0.05, 0.1) is 0 Å². The Morgan fingerprint density at radius 2 is 1.14 bits per heavy atom. The third-order valence-corrected chi connectivity index (χ3v) is 11.8. The van der Waals surface area contributed by atoms with Gasteiger partial charge in [0, 0.05) is 37.0 Å². The van der Waals surface area contributed by atoms with Crippen molar-refractivity contribution in [3.05, 3.63) is 184 Å². The van der Waals surface area contributed by atoms with Gasteiger partial charge in [-0.05, 0) is 57.0 Å². The topological polar surface area (TPSA) is 192 Å². The Kier molecular flexibility index (Phi) is 15.5. The number of carboxylic acid groups (broad SMARTS) is 1.